The minimum Gasteiger partial charge on any atom is -0.456 e. The van der Waals surface area contributed by atoms with Crippen molar-refractivity contribution in [2.75, 3.05) is 12.3 Å². The molecule has 2 amide bonds. The molecule has 1 saturated heterocycles. The number of β-lactam (4-membered cyclic amide) rings is 1. The summed E-state index contributed by atoms with van der Waals surface area (Å²) in [4.78, 5) is 39.9. The second-order valence-electron chi connectivity index (χ2n) is 8.92. The smallest absolute Gasteiger partial charge is 0.407 e. The average molecular weight is 511 g/mol. The number of nitrogens with one attached hydrogen (secondary N) is 1. The van der Waals surface area contributed by atoms with Crippen molar-refractivity contribution in [3.05, 3.63) is 81.9 Å². The molecule has 4 rings (SSSR count). The molecule has 1 fully saturated rings. The van der Waals surface area contributed by atoms with E-state index in [-0.39, 0.29) is 30.9 Å². The first-order valence-electron chi connectivity index (χ1n) is 11.9. The zero-order valence-corrected chi connectivity index (χ0v) is 21.1. The van der Waals surface area contributed by atoms with E-state index in [1.54, 1.807) is 6.92 Å². The van der Waals surface area contributed by atoms with Gasteiger partial charge in [0.25, 0.3) is 0 Å². The van der Waals surface area contributed by atoms with Gasteiger partial charge in [-0.2, -0.15) is 0 Å². The number of carbonyl (C=O) groups excluding carboxylic acids is 3. The summed E-state index contributed by atoms with van der Waals surface area (Å²) in [6, 6.07) is 16.8. The molecule has 9 heteroatoms. The van der Waals surface area contributed by atoms with Gasteiger partial charge in [0.2, 0.25) is 5.91 Å². The van der Waals surface area contributed by atoms with Crippen molar-refractivity contribution in [1.82, 2.24) is 10.2 Å². The first kappa shape index (κ1) is 25.8. The summed E-state index contributed by atoms with van der Waals surface area (Å²) in [5.74, 6) is -0.880. The Balaban J connectivity index is 1.32. The monoisotopic (exact) mass is 510 g/mol. The molecule has 190 valence electrons. The number of aryl methyl sites for hydroxylation is 1. The predicted molar refractivity (Wildman–Crippen MR) is 136 cm³/mol. The van der Waals surface area contributed by atoms with Crippen molar-refractivity contribution in [2.24, 2.45) is 5.92 Å². The third-order valence-electron chi connectivity index (χ3n) is 6.23. The molecule has 2 heterocycles. The first-order valence-corrected chi connectivity index (χ1v) is 12.9. The lowest BCUT2D eigenvalue weighted by atomic mass is 9.83. The third kappa shape index (κ3) is 5.91. The van der Waals surface area contributed by atoms with E-state index >= 15 is 0 Å². The molecule has 2 N–H and O–H groups in total. The fourth-order valence-corrected chi connectivity index (χ4v) is 5.41. The van der Waals surface area contributed by atoms with Gasteiger partial charge in [-0.1, -0.05) is 60.2 Å². The van der Waals surface area contributed by atoms with Gasteiger partial charge in [0.1, 0.15) is 18.9 Å². The van der Waals surface area contributed by atoms with E-state index in [2.05, 4.69) is 5.32 Å². The van der Waals surface area contributed by atoms with Crippen LogP contribution in [0.25, 0.3) is 0 Å². The lowest BCUT2D eigenvalue weighted by Gasteiger charge is -2.44. The fraction of sp³-hybridized carbons (Fsp3) is 0.370. The van der Waals surface area contributed by atoms with E-state index in [0.29, 0.717) is 18.7 Å². The van der Waals surface area contributed by atoms with Crippen molar-refractivity contribution in [1.29, 1.82) is 0 Å². The van der Waals surface area contributed by atoms with Crippen LogP contribution in [0.4, 0.5) is 4.79 Å². The van der Waals surface area contributed by atoms with E-state index in [9.17, 15) is 19.5 Å². The number of aliphatic hydroxyl groups excluding tert-OH is 1. The van der Waals surface area contributed by atoms with Crippen LogP contribution < -0.4 is 5.32 Å². The Bertz CT molecular complexity index is 1130. The number of hydrogen-bond donors (Lipinski definition) is 2. The lowest BCUT2D eigenvalue weighted by molar-refractivity contribution is -0.162. The molecule has 3 atom stereocenters. The summed E-state index contributed by atoms with van der Waals surface area (Å²) in [7, 11) is 0. The number of esters is 1. The Hall–Kier alpha value is -3.30. The Morgan fingerprint density at radius 3 is 2.44 bits per heavy atom. The van der Waals surface area contributed by atoms with Crippen LogP contribution in [0.3, 0.4) is 0 Å². The number of benzene rings is 2. The van der Waals surface area contributed by atoms with Crippen LogP contribution in [0.2, 0.25) is 0 Å². The highest BCUT2D eigenvalue weighted by atomic mass is 32.2. The van der Waals surface area contributed by atoms with Gasteiger partial charge in [-0.25, -0.2) is 9.59 Å². The molecule has 0 radical (unpaired) electrons. The highest BCUT2D eigenvalue weighted by molar-refractivity contribution is 8.03. The second kappa shape index (κ2) is 11.6. The standard InChI is InChI=1S/C27H30N2O6S/c1-17-8-10-20(11-9-17)16-35-27(33)28-12-13-36-22-14-21-23(18(2)30)25(31)29(21)24(22)26(32)34-15-19-6-4-3-5-7-19/h3-11,18,21,23,30H,12-16H2,1-2H3,(H,28,33)/t18-,21-,23-/m1/s1. The lowest BCUT2D eigenvalue weighted by Crippen LogP contribution is -2.61. The van der Waals surface area contributed by atoms with Crippen molar-refractivity contribution in [3.8, 4) is 0 Å². The molecule has 2 aromatic carbocycles. The van der Waals surface area contributed by atoms with Crippen molar-refractivity contribution < 1.29 is 29.0 Å². The fourth-order valence-electron chi connectivity index (χ4n) is 4.35. The maximum absolute atomic E-state index is 13.0. The van der Waals surface area contributed by atoms with Crippen LogP contribution >= 0.6 is 11.8 Å². The van der Waals surface area contributed by atoms with Crippen LogP contribution in [0.15, 0.2) is 65.2 Å². The van der Waals surface area contributed by atoms with Crippen LogP contribution in [0.5, 0.6) is 0 Å². The predicted octanol–water partition coefficient (Wildman–Crippen LogP) is 3.52. The minimum absolute atomic E-state index is 0.0992. The number of ether oxygens (including phenoxy) is 2. The second-order valence-corrected chi connectivity index (χ2v) is 10.1. The Morgan fingerprint density at radius 2 is 1.75 bits per heavy atom. The van der Waals surface area contributed by atoms with Gasteiger partial charge in [0, 0.05) is 23.6 Å². The van der Waals surface area contributed by atoms with Crippen LogP contribution in [-0.2, 0) is 32.3 Å². The summed E-state index contributed by atoms with van der Waals surface area (Å²) in [6.07, 6.45) is -0.846. The summed E-state index contributed by atoms with van der Waals surface area (Å²) in [6.45, 7) is 4.19. The van der Waals surface area contributed by atoms with Gasteiger partial charge in [-0.05, 0) is 25.0 Å². The van der Waals surface area contributed by atoms with Crippen LogP contribution in [0.1, 0.15) is 30.0 Å². The van der Waals surface area contributed by atoms with E-state index in [1.165, 1.54) is 16.7 Å². The van der Waals surface area contributed by atoms with Gasteiger partial charge < -0.3 is 24.8 Å². The molecule has 0 aromatic heterocycles. The quantitative estimate of drug-likeness (QED) is 0.286. The first-order chi connectivity index (χ1) is 17.3. The maximum atomic E-state index is 13.0. The van der Waals surface area contributed by atoms with Crippen molar-refractivity contribution in [3.63, 3.8) is 0 Å². The highest BCUT2D eigenvalue weighted by Crippen LogP contribution is 2.47. The number of aliphatic hydroxyl groups is 1. The Labute approximate surface area is 214 Å². The van der Waals surface area contributed by atoms with Gasteiger partial charge in [-0.15, -0.1) is 11.8 Å². The number of nitrogens with zero attached hydrogens (tertiary/aromatic N) is 1. The number of rotatable bonds is 10. The molecule has 0 aliphatic carbocycles. The largest absolute Gasteiger partial charge is 0.456 e. The SMILES string of the molecule is Cc1ccc(COC(=O)NCCSC2=C(C(=O)OCc3ccccc3)N3C(=O)[C@H]([C@@H](C)O)[C@H]3C2)cc1. The van der Waals surface area contributed by atoms with Crippen LogP contribution in [-0.4, -0.2) is 52.4 Å². The van der Waals surface area contributed by atoms with E-state index in [1.807, 2.05) is 61.5 Å². The third-order valence-corrected chi connectivity index (χ3v) is 7.35. The number of amides is 2. The molecular formula is C27H30N2O6S. The normalized spacial score (nSPS) is 19.4. The van der Waals surface area contributed by atoms with Gasteiger partial charge in [0.05, 0.1) is 18.1 Å². The minimum atomic E-state index is -0.797. The maximum Gasteiger partial charge on any atom is 0.407 e. The number of carbonyl (C=O) groups is 3. The summed E-state index contributed by atoms with van der Waals surface area (Å²) in [5, 5.41) is 12.7. The van der Waals surface area contributed by atoms with Gasteiger partial charge in [-0.3, -0.25) is 4.79 Å². The summed E-state index contributed by atoms with van der Waals surface area (Å²) >= 11 is 1.40. The molecule has 0 spiro atoms. The molecule has 2 aliphatic rings. The van der Waals surface area contributed by atoms with Crippen molar-refractivity contribution in [2.45, 2.75) is 45.6 Å². The topological polar surface area (TPSA) is 105 Å². The molecular weight excluding hydrogens is 480 g/mol. The van der Waals surface area contributed by atoms with Gasteiger partial charge >= 0.3 is 12.1 Å². The number of hydrogen-bond acceptors (Lipinski definition) is 7. The number of thioether (sulfide) groups is 1. The highest BCUT2D eigenvalue weighted by Gasteiger charge is 2.57. The zero-order chi connectivity index (χ0) is 25.7. The average Bonchev–Trinajstić information content (AvgIpc) is 3.19. The molecule has 2 aromatic rings. The summed E-state index contributed by atoms with van der Waals surface area (Å²) < 4.78 is 10.8. The number of fused-ring (bicyclic) bond motifs is 1. The van der Waals surface area contributed by atoms with Gasteiger partial charge in [0.15, 0.2) is 0 Å². The molecule has 0 saturated carbocycles. The number of alkyl carbamates (subject to hydrolysis) is 1. The Morgan fingerprint density at radius 1 is 1.08 bits per heavy atom. The molecule has 0 bridgehead atoms. The van der Waals surface area contributed by atoms with E-state index < -0.39 is 24.1 Å². The Kier molecular flexibility index (Phi) is 8.32. The van der Waals surface area contributed by atoms with E-state index in [4.69, 9.17) is 9.47 Å². The van der Waals surface area contributed by atoms with E-state index in [0.717, 1.165) is 21.6 Å². The van der Waals surface area contributed by atoms with Crippen molar-refractivity contribution >= 4 is 29.7 Å². The molecule has 2 aliphatic heterocycles. The van der Waals surface area contributed by atoms with Crippen LogP contribution in [0, 0.1) is 12.8 Å². The molecule has 0 unspecified atom stereocenters. The molecule has 8 nitrogen and oxygen atoms in total. The zero-order valence-electron chi connectivity index (χ0n) is 20.3. The molecule has 36 heavy (non-hydrogen) atoms. The summed E-state index contributed by atoms with van der Waals surface area (Å²) in [5.41, 5.74) is 3.13.